The normalized spacial score (nSPS) is 10.4. The van der Waals surface area contributed by atoms with Crippen LogP contribution in [0.3, 0.4) is 0 Å². The van der Waals surface area contributed by atoms with Crippen LogP contribution in [-0.2, 0) is 5.88 Å². The highest BCUT2D eigenvalue weighted by molar-refractivity contribution is 9.10. The number of benzene rings is 2. The van der Waals surface area contributed by atoms with Gasteiger partial charge in [0.25, 0.3) is 0 Å². The molecule has 1 nitrogen and oxygen atoms in total. The third kappa shape index (κ3) is 3.19. The maximum atomic E-state index is 6.08. The van der Waals surface area contributed by atoms with Crippen LogP contribution < -0.4 is 4.74 Å². The minimum absolute atomic E-state index is 0.399. The highest BCUT2D eigenvalue weighted by atomic mass is 79.9. The van der Waals surface area contributed by atoms with E-state index in [1.165, 1.54) is 0 Å². The maximum Gasteiger partial charge on any atom is 0.128 e. The largest absolute Gasteiger partial charge is 0.457 e. The van der Waals surface area contributed by atoms with Crippen LogP contribution in [0.1, 0.15) is 11.1 Å². The predicted molar refractivity (Wildman–Crippen MR) is 80.0 cm³/mol. The molecule has 4 heteroatoms. The summed E-state index contributed by atoms with van der Waals surface area (Å²) in [4.78, 5) is 0. The molecule has 94 valence electrons. The molecule has 0 saturated carbocycles. The van der Waals surface area contributed by atoms with Gasteiger partial charge >= 0.3 is 0 Å². The molecule has 2 rings (SSSR count). The van der Waals surface area contributed by atoms with Crippen LogP contribution in [0.25, 0.3) is 0 Å². The lowest BCUT2D eigenvalue weighted by molar-refractivity contribution is 0.482. The molecule has 0 unspecified atom stereocenters. The number of aryl methyl sites for hydroxylation is 1. The SMILES string of the molecule is Cc1cc(Oc2ccc(CCl)c(Cl)c2)ccc1Br. The summed E-state index contributed by atoms with van der Waals surface area (Å²) in [5, 5.41) is 0.622. The van der Waals surface area contributed by atoms with Crippen LogP contribution in [0, 0.1) is 6.92 Å². The zero-order chi connectivity index (χ0) is 13.1. The third-order valence-corrected chi connectivity index (χ3v) is 4.06. The first-order valence-corrected chi connectivity index (χ1v) is 7.09. The average Bonchev–Trinajstić information content (AvgIpc) is 2.34. The first kappa shape index (κ1) is 13.7. The number of halogens is 3. The van der Waals surface area contributed by atoms with Gasteiger partial charge in [-0.2, -0.15) is 0 Å². The minimum atomic E-state index is 0.399. The molecule has 0 bridgehead atoms. The molecule has 0 aliphatic carbocycles. The molecule has 0 N–H and O–H groups in total. The zero-order valence-corrected chi connectivity index (χ0v) is 12.8. The fourth-order valence-corrected chi connectivity index (χ4v) is 2.30. The Morgan fingerprint density at radius 3 is 2.39 bits per heavy atom. The summed E-state index contributed by atoms with van der Waals surface area (Å²) in [6, 6.07) is 11.3. The Hall–Kier alpha value is -0.700. The molecule has 2 aromatic carbocycles. The summed E-state index contributed by atoms with van der Waals surface area (Å²) < 4.78 is 6.81. The van der Waals surface area contributed by atoms with Gasteiger partial charge in [0.15, 0.2) is 0 Å². The number of hydrogen-bond acceptors (Lipinski definition) is 1. The molecular weight excluding hydrogens is 335 g/mol. The van der Waals surface area contributed by atoms with E-state index in [0.717, 1.165) is 21.3 Å². The van der Waals surface area contributed by atoms with Gasteiger partial charge in [0.1, 0.15) is 11.5 Å². The molecule has 0 spiro atoms. The van der Waals surface area contributed by atoms with Crippen molar-refractivity contribution in [1.29, 1.82) is 0 Å². The fourth-order valence-electron chi connectivity index (χ4n) is 1.52. The van der Waals surface area contributed by atoms with Crippen molar-refractivity contribution < 1.29 is 4.74 Å². The van der Waals surface area contributed by atoms with Gasteiger partial charge in [-0.15, -0.1) is 11.6 Å². The van der Waals surface area contributed by atoms with Crippen LogP contribution in [0.2, 0.25) is 5.02 Å². The van der Waals surface area contributed by atoms with Crippen LogP contribution in [-0.4, -0.2) is 0 Å². The van der Waals surface area contributed by atoms with E-state index in [9.17, 15) is 0 Å². The first-order valence-electron chi connectivity index (χ1n) is 5.38. The van der Waals surface area contributed by atoms with E-state index in [1.807, 2.05) is 37.3 Å². The smallest absolute Gasteiger partial charge is 0.128 e. The van der Waals surface area contributed by atoms with Crippen LogP contribution in [0.5, 0.6) is 11.5 Å². The van der Waals surface area contributed by atoms with Crippen molar-refractivity contribution >= 4 is 39.1 Å². The predicted octanol–water partition coefficient (Wildman–Crippen LogP) is 5.94. The van der Waals surface area contributed by atoms with Crippen LogP contribution in [0.15, 0.2) is 40.9 Å². The summed E-state index contributed by atoms with van der Waals surface area (Å²) in [5.41, 5.74) is 2.02. The maximum absolute atomic E-state index is 6.08. The molecule has 0 amide bonds. The molecule has 0 aromatic heterocycles. The standard InChI is InChI=1S/C14H11BrCl2O/c1-9-6-11(4-5-13(9)15)18-12-3-2-10(8-16)14(17)7-12/h2-7H,8H2,1H3. The summed E-state index contributed by atoms with van der Waals surface area (Å²) in [7, 11) is 0. The molecule has 0 radical (unpaired) electrons. The molecule has 0 saturated heterocycles. The second kappa shape index (κ2) is 5.96. The summed E-state index contributed by atoms with van der Waals surface area (Å²) in [6.07, 6.45) is 0. The molecule has 18 heavy (non-hydrogen) atoms. The lowest BCUT2D eigenvalue weighted by Gasteiger charge is -2.09. The molecule has 2 aromatic rings. The van der Waals surface area contributed by atoms with Crippen molar-refractivity contribution in [2.45, 2.75) is 12.8 Å². The van der Waals surface area contributed by atoms with Crippen LogP contribution >= 0.6 is 39.1 Å². The number of hydrogen-bond donors (Lipinski definition) is 0. The van der Waals surface area contributed by atoms with Gasteiger partial charge < -0.3 is 4.74 Å². The molecule has 0 aliphatic heterocycles. The van der Waals surface area contributed by atoms with Gasteiger partial charge in [-0.25, -0.2) is 0 Å². The van der Waals surface area contributed by atoms with Crippen molar-refractivity contribution in [3.05, 3.63) is 57.0 Å². The monoisotopic (exact) mass is 344 g/mol. The molecule has 0 fully saturated rings. The van der Waals surface area contributed by atoms with Crippen molar-refractivity contribution in [3.63, 3.8) is 0 Å². The van der Waals surface area contributed by atoms with Crippen LogP contribution in [0.4, 0.5) is 0 Å². The van der Waals surface area contributed by atoms with E-state index in [4.69, 9.17) is 27.9 Å². The summed E-state index contributed by atoms with van der Waals surface area (Å²) in [6.45, 7) is 2.01. The first-order chi connectivity index (χ1) is 8.60. The quantitative estimate of drug-likeness (QED) is 0.625. The van der Waals surface area contributed by atoms with E-state index >= 15 is 0 Å². The van der Waals surface area contributed by atoms with E-state index in [-0.39, 0.29) is 0 Å². The fraction of sp³-hybridized carbons (Fsp3) is 0.143. The Kier molecular flexibility index (Phi) is 4.55. The Labute approximate surface area is 125 Å². The molecule has 0 aliphatic rings. The molecular formula is C14H11BrCl2O. The highest BCUT2D eigenvalue weighted by Gasteiger charge is 2.04. The van der Waals surface area contributed by atoms with Gasteiger partial charge in [-0.3, -0.25) is 0 Å². The number of alkyl halides is 1. The lowest BCUT2D eigenvalue weighted by Crippen LogP contribution is -1.87. The highest BCUT2D eigenvalue weighted by Crippen LogP contribution is 2.29. The van der Waals surface area contributed by atoms with Crippen molar-refractivity contribution in [3.8, 4) is 11.5 Å². The number of rotatable bonds is 3. The average molecular weight is 346 g/mol. The number of ether oxygens (including phenoxy) is 1. The van der Waals surface area contributed by atoms with Gasteiger partial charge in [0.2, 0.25) is 0 Å². The van der Waals surface area contributed by atoms with Gasteiger partial charge in [-0.05, 0) is 48.4 Å². The Morgan fingerprint density at radius 2 is 1.78 bits per heavy atom. The van der Waals surface area contributed by atoms with Gasteiger partial charge in [0, 0.05) is 15.4 Å². The summed E-state index contributed by atoms with van der Waals surface area (Å²) >= 11 is 15.3. The van der Waals surface area contributed by atoms with E-state index in [2.05, 4.69) is 15.9 Å². The zero-order valence-electron chi connectivity index (χ0n) is 9.71. The Bertz CT molecular complexity index is 570. The summed E-state index contributed by atoms with van der Waals surface area (Å²) in [5.74, 6) is 1.89. The topological polar surface area (TPSA) is 9.23 Å². The van der Waals surface area contributed by atoms with Crippen molar-refractivity contribution in [2.75, 3.05) is 0 Å². The van der Waals surface area contributed by atoms with E-state index in [1.54, 1.807) is 6.07 Å². The van der Waals surface area contributed by atoms with Crippen molar-refractivity contribution in [1.82, 2.24) is 0 Å². The molecule has 0 atom stereocenters. The third-order valence-electron chi connectivity index (χ3n) is 2.53. The van der Waals surface area contributed by atoms with Gasteiger partial charge in [-0.1, -0.05) is 33.6 Å². The Balaban J connectivity index is 2.23. The van der Waals surface area contributed by atoms with Crippen molar-refractivity contribution in [2.24, 2.45) is 0 Å². The second-order valence-corrected chi connectivity index (χ2v) is 5.43. The second-order valence-electron chi connectivity index (χ2n) is 3.90. The molecule has 0 heterocycles. The lowest BCUT2D eigenvalue weighted by atomic mass is 10.2. The minimum Gasteiger partial charge on any atom is -0.457 e. The van der Waals surface area contributed by atoms with E-state index < -0.39 is 0 Å². The van der Waals surface area contributed by atoms with Gasteiger partial charge in [0.05, 0.1) is 0 Å². The Morgan fingerprint density at radius 1 is 1.11 bits per heavy atom. The van der Waals surface area contributed by atoms with E-state index in [0.29, 0.717) is 16.7 Å².